The van der Waals surface area contributed by atoms with Crippen LogP contribution >= 0.6 is 11.3 Å². The Hall–Kier alpha value is -3.73. The fraction of sp³-hybridized carbons (Fsp3) is 0.250. The molecule has 0 aliphatic carbocycles. The maximum absolute atomic E-state index is 12.6. The number of H-pyrrole nitrogens is 1. The van der Waals surface area contributed by atoms with E-state index in [1.54, 1.807) is 27.3 Å². The van der Waals surface area contributed by atoms with Gasteiger partial charge in [0.05, 0.1) is 23.9 Å². The highest BCUT2D eigenvalue weighted by molar-refractivity contribution is 7.14. The van der Waals surface area contributed by atoms with Gasteiger partial charge in [0.2, 0.25) is 11.5 Å². The second-order valence-corrected chi connectivity index (χ2v) is 7.72. The average Bonchev–Trinajstić information content (AvgIpc) is 3.46. The molecule has 4 rings (SSSR count). The Balaban J connectivity index is 1.28. The van der Waals surface area contributed by atoms with E-state index in [9.17, 15) is 19.2 Å². The molecule has 11 heteroatoms. The first-order chi connectivity index (χ1) is 15.0. The normalized spacial score (nSPS) is 13.8. The zero-order valence-electron chi connectivity index (χ0n) is 16.4. The van der Waals surface area contributed by atoms with Crippen molar-refractivity contribution in [3.8, 4) is 0 Å². The summed E-state index contributed by atoms with van der Waals surface area (Å²) in [5, 5.41) is 4.74. The molecule has 1 fully saturated rings. The van der Waals surface area contributed by atoms with Crippen LogP contribution in [0, 0.1) is 0 Å². The molecule has 0 unspecified atom stereocenters. The largest absolute Gasteiger partial charge is 0.459 e. The summed E-state index contributed by atoms with van der Waals surface area (Å²) in [6, 6.07) is 5.97. The van der Waals surface area contributed by atoms with Crippen LogP contribution < -0.4 is 10.9 Å². The van der Waals surface area contributed by atoms with Crippen molar-refractivity contribution in [3.63, 3.8) is 0 Å². The molecule has 3 aromatic heterocycles. The number of thiazole rings is 1. The predicted octanol–water partition coefficient (Wildman–Crippen LogP) is 1.20. The van der Waals surface area contributed by atoms with Crippen molar-refractivity contribution in [2.45, 2.75) is 6.42 Å². The van der Waals surface area contributed by atoms with Crippen LogP contribution in [0.3, 0.4) is 0 Å². The average molecular weight is 441 g/mol. The van der Waals surface area contributed by atoms with E-state index < -0.39 is 5.91 Å². The highest BCUT2D eigenvalue weighted by Crippen LogP contribution is 2.18. The molecule has 10 nitrogen and oxygen atoms in total. The molecule has 1 saturated heterocycles. The van der Waals surface area contributed by atoms with Crippen LogP contribution in [0.4, 0.5) is 5.13 Å². The fourth-order valence-corrected chi connectivity index (χ4v) is 3.85. The van der Waals surface area contributed by atoms with Crippen molar-refractivity contribution in [1.29, 1.82) is 0 Å². The Morgan fingerprint density at radius 1 is 1.13 bits per heavy atom. The first-order valence-electron chi connectivity index (χ1n) is 9.54. The third-order valence-electron chi connectivity index (χ3n) is 4.80. The lowest BCUT2D eigenvalue weighted by molar-refractivity contribution is -0.132. The third-order valence-corrected chi connectivity index (χ3v) is 5.61. The Morgan fingerprint density at radius 3 is 2.58 bits per heavy atom. The Labute approximate surface area is 180 Å². The molecule has 1 aliphatic heterocycles. The number of piperazine rings is 1. The summed E-state index contributed by atoms with van der Waals surface area (Å²) in [5.74, 6) is -0.382. The summed E-state index contributed by atoms with van der Waals surface area (Å²) >= 11 is 1.22. The summed E-state index contributed by atoms with van der Waals surface area (Å²) < 4.78 is 5.14. The molecule has 0 atom stereocenters. The van der Waals surface area contributed by atoms with Gasteiger partial charge in [-0.25, -0.2) is 4.98 Å². The summed E-state index contributed by atoms with van der Waals surface area (Å²) in [6.07, 6.45) is 2.89. The van der Waals surface area contributed by atoms with E-state index >= 15 is 0 Å². The zero-order chi connectivity index (χ0) is 21.8. The number of amides is 3. The zero-order valence-corrected chi connectivity index (χ0v) is 17.2. The van der Waals surface area contributed by atoms with Gasteiger partial charge in [0.1, 0.15) is 0 Å². The number of nitrogens with zero attached hydrogens (tertiary/aromatic N) is 3. The van der Waals surface area contributed by atoms with E-state index in [2.05, 4.69) is 15.3 Å². The SMILES string of the molecule is O=C(Nc1nc(CC(=O)N2CCN(C(=O)c3ccco3)CC2)cs1)c1ccc(=O)[nH]c1. The maximum Gasteiger partial charge on any atom is 0.289 e. The Morgan fingerprint density at radius 2 is 1.90 bits per heavy atom. The van der Waals surface area contributed by atoms with E-state index in [-0.39, 0.29) is 23.8 Å². The number of pyridine rings is 1. The van der Waals surface area contributed by atoms with E-state index in [0.717, 1.165) is 0 Å². The van der Waals surface area contributed by atoms with Gasteiger partial charge in [0, 0.05) is 43.8 Å². The van der Waals surface area contributed by atoms with Gasteiger partial charge in [-0.1, -0.05) is 0 Å². The number of furan rings is 1. The molecule has 0 bridgehead atoms. The molecular formula is C20H19N5O5S. The topological polar surface area (TPSA) is 129 Å². The quantitative estimate of drug-likeness (QED) is 0.612. The first-order valence-corrected chi connectivity index (χ1v) is 10.4. The lowest BCUT2D eigenvalue weighted by Gasteiger charge is -2.34. The summed E-state index contributed by atoms with van der Waals surface area (Å²) in [5.41, 5.74) is 0.563. The number of anilines is 1. The minimum Gasteiger partial charge on any atom is -0.459 e. The summed E-state index contributed by atoms with van der Waals surface area (Å²) in [7, 11) is 0. The molecule has 0 aromatic carbocycles. The predicted molar refractivity (Wildman–Crippen MR) is 112 cm³/mol. The van der Waals surface area contributed by atoms with Crippen molar-refractivity contribution in [2.75, 3.05) is 31.5 Å². The van der Waals surface area contributed by atoms with Gasteiger partial charge in [-0.05, 0) is 18.2 Å². The van der Waals surface area contributed by atoms with Crippen molar-refractivity contribution in [2.24, 2.45) is 0 Å². The van der Waals surface area contributed by atoms with Gasteiger partial charge < -0.3 is 19.2 Å². The number of rotatable bonds is 5. The van der Waals surface area contributed by atoms with Crippen LogP contribution in [-0.2, 0) is 11.2 Å². The lowest BCUT2D eigenvalue weighted by Crippen LogP contribution is -2.50. The summed E-state index contributed by atoms with van der Waals surface area (Å²) in [6.45, 7) is 1.74. The molecular weight excluding hydrogens is 422 g/mol. The number of carbonyl (C=O) groups is 3. The molecule has 0 radical (unpaired) electrons. The smallest absolute Gasteiger partial charge is 0.289 e. The molecule has 160 valence electrons. The molecule has 0 saturated carbocycles. The second kappa shape index (κ2) is 8.96. The minimum atomic E-state index is -0.402. The molecule has 2 N–H and O–H groups in total. The third kappa shape index (κ3) is 4.89. The number of carbonyl (C=O) groups excluding carboxylic acids is 3. The number of hydrogen-bond acceptors (Lipinski definition) is 7. The number of nitrogens with one attached hydrogen (secondary N) is 2. The molecule has 31 heavy (non-hydrogen) atoms. The van der Waals surface area contributed by atoms with Gasteiger partial charge in [-0.3, -0.25) is 24.5 Å². The fourth-order valence-electron chi connectivity index (χ4n) is 3.15. The van der Waals surface area contributed by atoms with Crippen molar-refractivity contribution < 1.29 is 18.8 Å². The van der Waals surface area contributed by atoms with Gasteiger partial charge in [0.25, 0.3) is 11.8 Å². The van der Waals surface area contributed by atoms with Gasteiger partial charge in [-0.15, -0.1) is 11.3 Å². The number of aromatic nitrogens is 2. The molecule has 3 amide bonds. The van der Waals surface area contributed by atoms with E-state index in [0.29, 0.717) is 48.3 Å². The molecule has 3 aromatic rings. The number of aromatic amines is 1. The van der Waals surface area contributed by atoms with Crippen molar-refractivity contribution in [1.82, 2.24) is 19.8 Å². The van der Waals surface area contributed by atoms with Crippen LogP contribution in [0.15, 0.2) is 51.3 Å². The number of hydrogen-bond donors (Lipinski definition) is 2. The second-order valence-electron chi connectivity index (χ2n) is 6.87. The van der Waals surface area contributed by atoms with Crippen LogP contribution in [0.2, 0.25) is 0 Å². The highest BCUT2D eigenvalue weighted by atomic mass is 32.1. The van der Waals surface area contributed by atoms with E-state index in [1.165, 1.54) is 35.9 Å². The van der Waals surface area contributed by atoms with E-state index in [4.69, 9.17) is 4.42 Å². The molecule has 4 heterocycles. The maximum atomic E-state index is 12.6. The van der Waals surface area contributed by atoms with Crippen LogP contribution in [0.1, 0.15) is 26.6 Å². The monoisotopic (exact) mass is 441 g/mol. The lowest BCUT2D eigenvalue weighted by atomic mass is 10.2. The van der Waals surface area contributed by atoms with Crippen LogP contribution in [-0.4, -0.2) is 63.7 Å². The molecule has 1 aliphatic rings. The first kappa shape index (κ1) is 20.5. The van der Waals surface area contributed by atoms with Crippen molar-refractivity contribution >= 4 is 34.2 Å². The molecule has 0 spiro atoms. The van der Waals surface area contributed by atoms with Gasteiger partial charge in [0.15, 0.2) is 10.9 Å². The Bertz CT molecular complexity index is 1120. The Kier molecular flexibility index (Phi) is 5.94. The van der Waals surface area contributed by atoms with E-state index in [1.807, 2.05) is 0 Å². The van der Waals surface area contributed by atoms with Gasteiger partial charge >= 0.3 is 0 Å². The van der Waals surface area contributed by atoms with Crippen molar-refractivity contribution in [3.05, 3.63) is 69.5 Å². The van der Waals surface area contributed by atoms with Gasteiger partial charge in [-0.2, -0.15) is 0 Å². The highest BCUT2D eigenvalue weighted by Gasteiger charge is 2.26. The standard InChI is InChI=1S/C20H19N5O5S/c26-16-4-3-13(11-21-16)18(28)23-20-22-14(12-31-20)10-17(27)24-5-7-25(8-6-24)19(29)15-2-1-9-30-15/h1-4,9,11-12H,5-8,10H2,(H,21,26)(H,22,23,28). The minimum absolute atomic E-state index is 0.0890. The van der Waals surface area contributed by atoms with Crippen LogP contribution in [0.5, 0.6) is 0 Å². The summed E-state index contributed by atoms with van der Waals surface area (Å²) in [4.78, 5) is 58.3. The van der Waals surface area contributed by atoms with Crippen LogP contribution in [0.25, 0.3) is 0 Å².